The zero-order valence-corrected chi connectivity index (χ0v) is 17.5. The minimum atomic E-state index is -0.685. The van der Waals surface area contributed by atoms with Crippen molar-refractivity contribution in [3.8, 4) is 0 Å². The van der Waals surface area contributed by atoms with Gasteiger partial charge in [0, 0.05) is 38.4 Å². The minimum absolute atomic E-state index is 0.257. The summed E-state index contributed by atoms with van der Waals surface area (Å²) in [7, 11) is 0. The van der Waals surface area contributed by atoms with Crippen LogP contribution in [0.3, 0.4) is 0 Å². The summed E-state index contributed by atoms with van der Waals surface area (Å²) in [4.78, 5) is 29.9. The normalized spacial score (nSPS) is 16.6. The Morgan fingerprint density at radius 1 is 1.03 bits per heavy atom. The number of oxazole rings is 1. The van der Waals surface area contributed by atoms with Crippen LogP contribution in [0.5, 0.6) is 0 Å². The van der Waals surface area contributed by atoms with Gasteiger partial charge in [-0.2, -0.15) is 0 Å². The molecule has 7 nitrogen and oxygen atoms in total. The van der Waals surface area contributed by atoms with Gasteiger partial charge in [0.25, 0.3) is 0 Å². The fourth-order valence-corrected chi connectivity index (χ4v) is 3.93. The molecule has 0 radical (unpaired) electrons. The number of fused-ring (bicyclic) bond motifs is 1. The molecule has 1 fully saturated rings. The average Bonchev–Trinajstić information content (AvgIpc) is 3.10. The number of benzene rings is 2. The van der Waals surface area contributed by atoms with E-state index in [1.165, 1.54) is 10.1 Å². The molecular weight excluding hydrogens is 380 g/mol. The molecule has 3 aromatic rings. The van der Waals surface area contributed by atoms with Gasteiger partial charge in [-0.1, -0.05) is 31.2 Å². The van der Waals surface area contributed by atoms with Crippen molar-refractivity contribution < 1.29 is 9.21 Å². The molecule has 1 aliphatic rings. The van der Waals surface area contributed by atoms with Crippen molar-refractivity contribution in [2.24, 2.45) is 0 Å². The van der Waals surface area contributed by atoms with Crippen LogP contribution in [-0.4, -0.2) is 53.0 Å². The maximum Gasteiger partial charge on any atom is 0.420 e. The lowest BCUT2D eigenvalue weighted by Crippen LogP contribution is -2.45. The van der Waals surface area contributed by atoms with Gasteiger partial charge in [-0.3, -0.25) is 14.3 Å². The second-order valence-electron chi connectivity index (χ2n) is 7.78. The highest BCUT2D eigenvalue weighted by Gasteiger charge is 2.21. The monoisotopic (exact) mass is 408 g/mol. The highest BCUT2D eigenvalue weighted by atomic mass is 16.4. The van der Waals surface area contributed by atoms with Crippen molar-refractivity contribution in [3.05, 3.63) is 64.6 Å². The number of aromatic nitrogens is 1. The van der Waals surface area contributed by atoms with Gasteiger partial charge >= 0.3 is 5.76 Å². The summed E-state index contributed by atoms with van der Waals surface area (Å²) in [6, 6.07) is 14.4. The molecule has 30 heavy (non-hydrogen) atoms. The Morgan fingerprint density at radius 2 is 1.70 bits per heavy atom. The topological polar surface area (TPSA) is 70.7 Å². The largest absolute Gasteiger partial charge is 0.420 e. The smallest absolute Gasteiger partial charge is 0.408 e. The van der Waals surface area contributed by atoms with Crippen molar-refractivity contribution in [1.82, 2.24) is 14.4 Å². The van der Waals surface area contributed by atoms with Gasteiger partial charge in [0.15, 0.2) is 5.58 Å². The van der Waals surface area contributed by atoms with E-state index < -0.39 is 11.8 Å². The van der Waals surface area contributed by atoms with E-state index in [0.29, 0.717) is 16.8 Å². The molecule has 0 aliphatic carbocycles. The van der Waals surface area contributed by atoms with Gasteiger partial charge < -0.3 is 14.6 Å². The molecule has 2 aromatic carbocycles. The number of hydrogen-bond acceptors (Lipinski definition) is 5. The maximum atomic E-state index is 12.7. The number of hydrogen-bond donors (Lipinski definition) is 1. The lowest BCUT2D eigenvalue weighted by atomic mass is 10.1. The summed E-state index contributed by atoms with van der Waals surface area (Å²) in [5.41, 5.74) is 3.03. The quantitative estimate of drug-likeness (QED) is 0.679. The molecule has 1 N–H and O–H groups in total. The van der Waals surface area contributed by atoms with Crippen molar-refractivity contribution in [2.75, 3.05) is 38.0 Å². The van der Waals surface area contributed by atoms with Crippen LogP contribution < -0.4 is 11.1 Å². The van der Waals surface area contributed by atoms with Crippen LogP contribution in [0, 0.1) is 0 Å². The van der Waals surface area contributed by atoms with Gasteiger partial charge in [-0.25, -0.2) is 4.79 Å². The Balaban J connectivity index is 1.39. The predicted octanol–water partition coefficient (Wildman–Crippen LogP) is 2.93. The van der Waals surface area contributed by atoms with E-state index in [0.717, 1.165) is 39.3 Å². The Hall–Kier alpha value is -2.90. The molecule has 1 aromatic heterocycles. The number of nitrogens with zero attached hydrogens (tertiary/aromatic N) is 3. The predicted molar refractivity (Wildman–Crippen MR) is 118 cm³/mol. The summed E-state index contributed by atoms with van der Waals surface area (Å²) in [6.07, 6.45) is 0. The summed E-state index contributed by atoms with van der Waals surface area (Å²) >= 11 is 0. The molecule has 1 saturated heterocycles. The van der Waals surface area contributed by atoms with E-state index in [9.17, 15) is 9.59 Å². The van der Waals surface area contributed by atoms with Gasteiger partial charge in [0.05, 0.1) is 5.52 Å². The Morgan fingerprint density at radius 3 is 2.40 bits per heavy atom. The molecule has 1 aliphatic heterocycles. The Labute approximate surface area is 175 Å². The third-order valence-electron chi connectivity index (χ3n) is 5.83. The van der Waals surface area contributed by atoms with Crippen LogP contribution in [-0.2, 0) is 11.3 Å². The van der Waals surface area contributed by atoms with Gasteiger partial charge in [-0.15, -0.1) is 0 Å². The zero-order valence-electron chi connectivity index (χ0n) is 17.5. The van der Waals surface area contributed by atoms with Crippen LogP contribution in [0.15, 0.2) is 57.7 Å². The number of amides is 1. The fourth-order valence-electron chi connectivity index (χ4n) is 3.93. The molecule has 1 atom stereocenters. The third kappa shape index (κ3) is 4.32. The van der Waals surface area contributed by atoms with E-state index in [1.54, 1.807) is 25.1 Å². The summed E-state index contributed by atoms with van der Waals surface area (Å²) < 4.78 is 6.63. The van der Waals surface area contributed by atoms with Crippen molar-refractivity contribution in [1.29, 1.82) is 0 Å². The third-order valence-corrected chi connectivity index (χ3v) is 5.83. The van der Waals surface area contributed by atoms with Crippen LogP contribution in [0.2, 0.25) is 0 Å². The highest BCUT2D eigenvalue weighted by Crippen LogP contribution is 2.19. The number of para-hydroxylation sites is 2. The summed E-state index contributed by atoms with van der Waals surface area (Å²) in [6.45, 7) is 10.3. The lowest BCUT2D eigenvalue weighted by molar-refractivity contribution is -0.118. The number of carbonyl (C=O) groups excluding carboxylic acids is 1. The second kappa shape index (κ2) is 8.85. The Kier molecular flexibility index (Phi) is 6.01. The van der Waals surface area contributed by atoms with E-state index in [1.807, 2.05) is 30.3 Å². The molecule has 2 heterocycles. The molecule has 158 valence electrons. The van der Waals surface area contributed by atoms with Crippen molar-refractivity contribution in [3.63, 3.8) is 0 Å². The molecule has 4 rings (SSSR count). The fraction of sp³-hybridized carbons (Fsp3) is 0.391. The van der Waals surface area contributed by atoms with E-state index >= 15 is 0 Å². The van der Waals surface area contributed by atoms with E-state index in [-0.39, 0.29) is 5.91 Å². The maximum absolute atomic E-state index is 12.7. The van der Waals surface area contributed by atoms with Crippen LogP contribution in [0.25, 0.3) is 11.1 Å². The Bertz CT molecular complexity index is 1060. The zero-order chi connectivity index (χ0) is 21.1. The molecule has 1 unspecified atom stereocenters. The summed E-state index contributed by atoms with van der Waals surface area (Å²) in [5.74, 6) is -0.788. The number of nitrogens with one attached hydrogen (secondary N) is 1. The SMILES string of the molecule is CCN1CCN(Cc2ccc(NC(=O)C(C)n3c(=O)oc4ccccc43)cc2)CC1. The van der Waals surface area contributed by atoms with Gasteiger partial charge in [0.2, 0.25) is 5.91 Å². The van der Waals surface area contributed by atoms with Gasteiger partial charge in [-0.05, 0) is 43.3 Å². The lowest BCUT2D eigenvalue weighted by Gasteiger charge is -2.34. The van der Waals surface area contributed by atoms with E-state index in [2.05, 4.69) is 22.0 Å². The highest BCUT2D eigenvalue weighted by molar-refractivity contribution is 5.94. The number of anilines is 1. The molecule has 1 amide bonds. The van der Waals surface area contributed by atoms with Crippen LogP contribution >= 0.6 is 0 Å². The first-order valence-corrected chi connectivity index (χ1v) is 10.5. The summed E-state index contributed by atoms with van der Waals surface area (Å²) in [5, 5.41) is 2.91. The molecular formula is C23H28N4O3. The number of rotatable bonds is 6. The van der Waals surface area contributed by atoms with E-state index in [4.69, 9.17) is 4.42 Å². The van der Waals surface area contributed by atoms with Crippen molar-refractivity contribution in [2.45, 2.75) is 26.4 Å². The molecule has 0 spiro atoms. The second-order valence-corrected chi connectivity index (χ2v) is 7.78. The van der Waals surface area contributed by atoms with Crippen molar-refractivity contribution >= 4 is 22.7 Å². The molecule has 0 saturated carbocycles. The molecule has 0 bridgehead atoms. The number of likely N-dealkylation sites (N-methyl/N-ethyl adjacent to an activating group) is 1. The van der Waals surface area contributed by atoms with Crippen LogP contribution in [0.4, 0.5) is 5.69 Å². The standard InChI is InChI=1S/C23H28N4O3/c1-3-25-12-14-26(15-13-25)16-18-8-10-19(11-9-18)24-22(28)17(2)27-20-6-4-5-7-21(20)30-23(27)29/h4-11,17H,3,12-16H2,1-2H3,(H,24,28). The number of carbonyl (C=O) groups is 1. The first-order valence-electron chi connectivity index (χ1n) is 10.5. The minimum Gasteiger partial charge on any atom is -0.408 e. The van der Waals surface area contributed by atoms with Crippen LogP contribution in [0.1, 0.15) is 25.5 Å². The first kappa shape index (κ1) is 20.4. The van der Waals surface area contributed by atoms with Gasteiger partial charge in [0.1, 0.15) is 6.04 Å². The average molecular weight is 409 g/mol. The molecule has 7 heteroatoms. The number of piperazine rings is 1. The first-order chi connectivity index (χ1) is 14.5.